The Kier molecular flexibility index (Phi) is 2.87. The lowest BCUT2D eigenvalue weighted by molar-refractivity contribution is -0.271. The lowest BCUT2D eigenvalue weighted by Crippen LogP contribution is -2.47. The maximum absolute atomic E-state index is 5.34. The molecule has 0 aromatic heterocycles. The lowest BCUT2D eigenvalue weighted by atomic mass is 9.96. The SMILES string of the molecule is COC1(OC)CCOC[C@H]1C. The maximum atomic E-state index is 5.34. The second-order valence-corrected chi connectivity index (χ2v) is 2.95. The maximum Gasteiger partial charge on any atom is 0.174 e. The summed E-state index contributed by atoms with van der Waals surface area (Å²) in [6, 6.07) is 0. The molecule has 66 valence electrons. The number of hydrogen-bond donors (Lipinski definition) is 0. The third-order valence-corrected chi connectivity index (χ3v) is 2.40. The minimum atomic E-state index is -0.405. The minimum Gasteiger partial charge on any atom is -0.381 e. The molecule has 1 aliphatic heterocycles. The van der Waals surface area contributed by atoms with Crippen molar-refractivity contribution in [2.75, 3.05) is 27.4 Å². The van der Waals surface area contributed by atoms with Crippen LogP contribution in [0.15, 0.2) is 0 Å². The molecule has 0 aliphatic carbocycles. The van der Waals surface area contributed by atoms with E-state index in [4.69, 9.17) is 14.2 Å². The molecule has 1 fully saturated rings. The highest BCUT2D eigenvalue weighted by molar-refractivity contribution is 4.79. The molecule has 0 aromatic rings. The fourth-order valence-corrected chi connectivity index (χ4v) is 1.54. The molecule has 0 radical (unpaired) electrons. The molecule has 1 rings (SSSR count). The van der Waals surface area contributed by atoms with Crippen LogP contribution in [0.5, 0.6) is 0 Å². The van der Waals surface area contributed by atoms with Crippen LogP contribution < -0.4 is 0 Å². The third-order valence-electron chi connectivity index (χ3n) is 2.40. The molecular weight excluding hydrogens is 144 g/mol. The molecule has 3 heteroatoms. The molecule has 0 unspecified atom stereocenters. The van der Waals surface area contributed by atoms with Crippen molar-refractivity contribution in [1.29, 1.82) is 0 Å². The highest BCUT2D eigenvalue weighted by Crippen LogP contribution is 2.29. The fraction of sp³-hybridized carbons (Fsp3) is 1.00. The van der Waals surface area contributed by atoms with Gasteiger partial charge in [0.15, 0.2) is 5.79 Å². The molecule has 1 aliphatic rings. The van der Waals surface area contributed by atoms with Crippen LogP contribution in [-0.2, 0) is 14.2 Å². The third kappa shape index (κ3) is 1.55. The first-order valence-electron chi connectivity index (χ1n) is 3.93. The van der Waals surface area contributed by atoms with E-state index in [-0.39, 0.29) is 0 Å². The predicted octanol–water partition coefficient (Wildman–Crippen LogP) is 1.03. The van der Waals surface area contributed by atoms with Crippen LogP contribution in [-0.4, -0.2) is 33.2 Å². The van der Waals surface area contributed by atoms with Gasteiger partial charge in [0, 0.05) is 26.6 Å². The highest BCUT2D eigenvalue weighted by Gasteiger charge is 2.38. The lowest BCUT2D eigenvalue weighted by Gasteiger charge is -2.39. The van der Waals surface area contributed by atoms with Crippen LogP contribution in [0.3, 0.4) is 0 Å². The standard InChI is InChI=1S/C8H16O3/c1-7-6-11-5-4-8(7,9-2)10-3/h7H,4-6H2,1-3H3/t7-/m1/s1. The van der Waals surface area contributed by atoms with E-state index >= 15 is 0 Å². The van der Waals surface area contributed by atoms with Gasteiger partial charge in [-0.1, -0.05) is 6.92 Å². The summed E-state index contributed by atoms with van der Waals surface area (Å²) < 4.78 is 16.0. The van der Waals surface area contributed by atoms with Gasteiger partial charge in [-0.2, -0.15) is 0 Å². The molecule has 0 N–H and O–H groups in total. The number of methoxy groups -OCH3 is 2. The van der Waals surface area contributed by atoms with Crippen molar-refractivity contribution >= 4 is 0 Å². The molecular formula is C8H16O3. The monoisotopic (exact) mass is 160 g/mol. The van der Waals surface area contributed by atoms with E-state index in [0.29, 0.717) is 5.92 Å². The van der Waals surface area contributed by atoms with Gasteiger partial charge in [0.05, 0.1) is 13.2 Å². The summed E-state index contributed by atoms with van der Waals surface area (Å²) in [5, 5.41) is 0. The molecule has 0 aromatic carbocycles. The van der Waals surface area contributed by atoms with Crippen molar-refractivity contribution in [1.82, 2.24) is 0 Å². The second-order valence-electron chi connectivity index (χ2n) is 2.95. The second kappa shape index (κ2) is 3.52. The smallest absolute Gasteiger partial charge is 0.174 e. The Bertz CT molecular complexity index is 121. The summed E-state index contributed by atoms with van der Waals surface area (Å²) in [7, 11) is 3.37. The highest BCUT2D eigenvalue weighted by atomic mass is 16.7. The Labute approximate surface area is 67.6 Å². The molecule has 11 heavy (non-hydrogen) atoms. The van der Waals surface area contributed by atoms with Gasteiger partial charge in [-0.25, -0.2) is 0 Å². The Hall–Kier alpha value is -0.120. The van der Waals surface area contributed by atoms with Crippen LogP contribution in [0, 0.1) is 5.92 Å². The summed E-state index contributed by atoms with van der Waals surface area (Å²) in [5.74, 6) is -0.0932. The van der Waals surface area contributed by atoms with Crippen LogP contribution in [0.1, 0.15) is 13.3 Å². The summed E-state index contributed by atoms with van der Waals surface area (Å²) in [6.07, 6.45) is 0.821. The van der Waals surface area contributed by atoms with Crippen molar-refractivity contribution in [2.45, 2.75) is 19.1 Å². The Balaban J connectivity index is 2.61. The van der Waals surface area contributed by atoms with Gasteiger partial charge in [0.2, 0.25) is 0 Å². The summed E-state index contributed by atoms with van der Waals surface area (Å²) in [6.45, 7) is 3.53. The summed E-state index contributed by atoms with van der Waals surface area (Å²) in [4.78, 5) is 0. The van der Waals surface area contributed by atoms with Gasteiger partial charge in [-0.3, -0.25) is 0 Å². The molecule has 0 saturated carbocycles. The average Bonchev–Trinajstić information content (AvgIpc) is 2.06. The first kappa shape index (κ1) is 8.97. The van der Waals surface area contributed by atoms with E-state index in [1.54, 1.807) is 14.2 Å². The van der Waals surface area contributed by atoms with E-state index in [1.165, 1.54) is 0 Å². The first-order chi connectivity index (χ1) is 5.25. The van der Waals surface area contributed by atoms with Crippen molar-refractivity contribution in [2.24, 2.45) is 5.92 Å². The topological polar surface area (TPSA) is 27.7 Å². The number of ether oxygens (including phenoxy) is 3. The van der Waals surface area contributed by atoms with E-state index < -0.39 is 5.79 Å². The molecule has 3 nitrogen and oxygen atoms in total. The summed E-state index contributed by atoms with van der Waals surface area (Å²) >= 11 is 0. The number of hydrogen-bond acceptors (Lipinski definition) is 3. The van der Waals surface area contributed by atoms with Gasteiger partial charge in [0.25, 0.3) is 0 Å². The van der Waals surface area contributed by atoms with Gasteiger partial charge < -0.3 is 14.2 Å². The van der Waals surface area contributed by atoms with Crippen molar-refractivity contribution in [3.63, 3.8) is 0 Å². The van der Waals surface area contributed by atoms with E-state index in [2.05, 4.69) is 6.92 Å². The van der Waals surface area contributed by atoms with Gasteiger partial charge >= 0.3 is 0 Å². The normalized spacial score (nSPS) is 30.3. The Morgan fingerprint density at radius 3 is 2.36 bits per heavy atom. The van der Waals surface area contributed by atoms with Crippen LogP contribution in [0.25, 0.3) is 0 Å². The largest absolute Gasteiger partial charge is 0.381 e. The van der Waals surface area contributed by atoms with E-state index in [0.717, 1.165) is 19.6 Å². The number of rotatable bonds is 2. The molecule has 1 atom stereocenters. The van der Waals surface area contributed by atoms with Crippen molar-refractivity contribution in [3.05, 3.63) is 0 Å². The Morgan fingerprint density at radius 1 is 1.36 bits per heavy atom. The average molecular weight is 160 g/mol. The van der Waals surface area contributed by atoms with E-state index in [9.17, 15) is 0 Å². The van der Waals surface area contributed by atoms with Crippen LogP contribution >= 0.6 is 0 Å². The molecule has 0 spiro atoms. The zero-order chi connectivity index (χ0) is 8.32. The summed E-state index contributed by atoms with van der Waals surface area (Å²) in [5.41, 5.74) is 0. The predicted molar refractivity (Wildman–Crippen MR) is 41.3 cm³/mol. The van der Waals surface area contributed by atoms with Crippen LogP contribution in [0.2, 0.25) is 0 Å². The molecule has 1 saturated heterocycles. The fourth-order valence-electron chi connectivity index (χ4n) is 1.54. The minimum absolute atomic E-state index is 0.311. The van der Waals surface area contributed by atoms with Crippen LogP contribution in [0.4, 0.5) is 0 Å². The van der Waals surface area contributed by atoms with Gasteiger partial charge in [0.1, 0.15) is 0 Å². The Morgan fingerprint density at radius 2 is 2.00 bits per heavy atom. The van der Waals surface area contributed by atoms with Gasteiger partial charge in [-0.15, -0.1) is 0 Å². The van der Waals surface area contributed by atoms with Gasteiger partial charge in [-0.05, 0) is 0 Å². The van der Waals surface area contributed by atoms with Crippen molar-refractivity contribution < 1.29 is 14.2 Å². The molecule has 0 bridgehead atoms. The zero-order valence-corrected chi connectivity index (χ0v) is 7.42. The quantitative estimate of drug-likeness (QED) is 0.565. The van der Waals surface area contributed by atoms with E-state index in [1.807, 2.05) is 0 Å². The zero-order valence-electron chi connectivity index (χ0n) is 7.42. The molecule has 1 heterocycles. The van der Waals surface area contributed by atoms with Crippen molar-refractivity contribution in [3.8, 4) is 0 Å². The first-order valence-corrected chi connectivity index (χ1v) is 3.93. The molecule has 0 amide bonds.